The molecule has 11 amide bonds. The first-order chi connectivity index (χ1) is 63.3. The molecule has 4 saturated heterocycles. The summed E-state index contributed by atoms with van der Waals surface area (Å²) in [6.45, 7) is 18.5. The Bertz CT molecular complexity index is 3610. The number of nitrogens with one attached hydrogen (secondary N) is 12. The molecule has 4 aliphatic heterocycles. The first kappa shape index (κ1) is 115. The number of aliphatic hydroxyl groups excluding tert-OH is 4. The second kappa shape index (κ2) is 64.3. The third kappa shape index (κ3) is 42.6. The van der Waals surface area contributed by atoms with Crippen LogP contribution in [0.25, 0.3) is 0 Å². The molecule has 756 valence electrons. The molecule has 0 aliphatic carbocycles. The van der Waals surface area contributed by atoms with E-state index in [1.807, 2.05) is 41.5 Å². The van der Waals surface area contributed by atoms with Crippen LogP contribution in [0.4, 0.5) is 0 Å². The van der Waals surface area contributed by atoms with Gasteiger partial charge in [0.2, 0.25) is 65.0 Å². The van der Waals surface area contributed by atoms with Gasteiger partial charge in [-0.25, -0.2) is 4.79 Å². The summed E-state index contributed by atoms with van der Waals surface area (Å²) in [4.78, 5) is 168. The number of ether oxygens (including phenoxy) is 12. The molecule has 16 N–H and O–H groups in total. The highest BCUT2D eigenvalue weighted by Gasteiger charge is 2.49. The van der Waals surface area contributed by atoms with Gasteiger partial charge in [0.1, 0.15) is 42.0 Å². The van der Waals surface area contributed by atoms with E-state index in [4.69, 9.17) is 56.8 Å². The molecule has 4 fully saturated rings. The molecule has 0 aromatic carbocycles. The van der Waals surface area contributed by atoms with Crippen LogP contribution in [0, 0.1) is 24.7 Å². The largest absolute Gasteiger partial charge is 0.390 e. The van der Waals surface area contributed by atoms with E-state index >= 15 is 0 Å². The Balaban J connectivity index is 1.14. The van der Waals surface area contributed by atoms with Crippen molar-refractivity contribution in [2.24, 2.45) is 17.8 Å². The Morgan fingerprint density at radius 2 is 0.750 bits per heavy atom. The zero-order valence-corrected chi connectivity index (χ0v) is 79.6. The minimum Gasteiger partial charge on any atom is -0.390 e. The molecule has 5 rings (SSSR count). The van der Waals surface area contributed by atoms with Gasteiger partial charge >= 0.3 is 5.69 Å². The van der Waals surface area contributed by atoms with E-state index in [0.717, 1.165) is 0 Å². The number of unbranched alkanes of at least 4 members (excludes halogenated alkanes) is 6. The summed E-state index contributed by atoms with van der Waals surface area (Å²) in [5.74, 6) is -4.13. The third-order valence-corrected chi connectivity index (χ3v) is 23.6. The Hall–Kier alpha value is -7.79. The van der Waals surface area contributed by atoms with E-state index < -0.39 is 103 Å². The number of hydrogen-bond donors (Lipinski definition) is 16. The summed E-state index contributed by atoms with van der Waals surface area (Å²) in [5, 5.41) is 75.2. The number of aryl methyl sites for hydroxylation is 1. The van der Waals surface area contributed by atoms with Crippen LogP contribution >= 0.6 is 0 Å². The summed E-state index contributed by atoms with van der Waals surface area (Å²) in [7, 11) is 1.45. The third-order valence-electron chi connectivity index (χ3n) is 23.6. The van der Waals surface area contributed by atoms with Gasteiger partial charge in [0, 0.05) is 181 Å². The van der Waals surface area contributed by atoms with Gasteiger partial charge in [-0.05, 0) is 110 Å². The lowest BCUT2D eigenvalue weighted by Crippen LogP contribution is -2.61. The molecule has 19 atom stereocenters. The van der Waals surface area contributed by atoms with E-state index in [2.05, 4.69) is 63.5 Å². The maximum atomic E-state index is 14.2. The van der Waals surface area contributed by atoms with Crippen LogP contribution < -0.4 is 69.7 Å². The zero-order valence-electron chi connectivity index (χ0n) is 79.6. The van der Waals surface area contributed by atoms with Crippen molar-refractivity contribution in [1.29, 1.82) is 0 Å². The Morgan fingerprint density at radius 3 is 1.14 bits per heavy atom. The van der Waals surface area contributed by atoms with Crippen molar-refractivity contribution in [3.05, 3.63) is 32.6 Å². The molecule has 4 aliphatic rings. The quantitative estimate of drug-likeness (QED) is 0.0401. The van der Waals surface area contributed by atoms with Crippen LogP contribution in [0.15, 0.2) is 15.8 Å². The summed E-state index contributed by atoms with van der Waals surface area (Å²) < 4.78 is 73.1. The standard InChI is InChI=1S/C90H157N13O29/c1-12-63-66(15-4)132-88(78(81(63)117)100-62(10)106)128-48-25-20-32-70(109)94-41-29-44-97-74(113)37-51-124-56-90(54-122-49-35-72(111)95-42-27-39-92-68(107)30-18-23-46-126-86-76(98-60(8)104)79(115)58(6)64(13-2)130-86,55-123-50-36-73(112)96-43-28-40-93-69(108)31-19-24-47-127-87-77(99-61(9)105)80(116)59(7)65(14-3)131-87)102-75(114)34-26-33-71(110)91-38-21-16-17-22-45-125-83-82(118)67(53-121-11)129-85(83)103-52-57(5)84(119)101-89(103)120/h52,58-59,63-67,76-83,85-88,115-118H,12-51,53-56H2,1-11H3,(H,91,110)(H,92,107)(H,93,108)(H,94,109)(H,95,111)(H,96,112)(H,97,113)(H,98,104)(H,99,105)(H,100,106)(H,102,114)(H,101,119,120). The number of amides is 11. The molecule has 0 bridgehead atoms. The predicted molar refractivity (Wildman–Crippen MR) is 481 cm³/mol. The number of nitrogens with zero attached hydrogens (tertiary/aromatic N) is 1. The fraction of sp³-hybridized carbons (Fsp3) is 0.833. The number of aromatic amines is 1. The number of H-pyrrole nitrogens is 1. The Labute approximate surface area is 775 Å². The van der Waals surface area contributed by atoms with Crippen molar-refractivity contribution in [3.63, 3.8) is 0 Å². The lowest BCUT2D eigenvalue weighted by molar-refractivity contribution is -0.252. The topological polar surface area (TPSA) is 567 Å². The normalized spacial score (nSPS) is 25.1. The van der Waals surface area contributed by atoms with Crippen molar-refractivity contribution >= 4 is 65.0 Å². The molecular formula is C90H157N13O29. The van der Waals surface area contributed by atoms with Crippen LogP contribution in [0.5, 0.6) is 0 Å². The van der Waals surface area contributed by atoms with E-state index in [1.54, 1.807) is 6.92 Å². The molecule has 132 heavy (non-hydrogen) atoms. The monoisotopic (exact) mass is 1880 g/mol. The maximum Gasteiger partial charge on any atom is 0.330 e. The summed E-state index contributed by atoms with van der Waals surface area (Å²) in [6, 6.07) is -2.23. The predicted octanol–water partition coefficient (Wildman–Crippen LogP) is 0.785. The summed E-state index contributed by atoms with van der Waals surface area (Å²) >= 11 is 0. The average Bonchev–Trinajstić information content (AvgIpc) is 1.60. The Morgan fingerprint density at radius 1 is 0.402 bits per heavy atom. The van der Waals surface area contributed by atoms with Crippen molar-refractivity contribution < 1.29 is 130 Å². The van der Waals surface area contributed by atoms with Crippen molar-refractivity contribution in [2.75, 3.05) is 126 Å². The fourth-order valence-corrected chi connectivity index (χ4v) is 16.2. The molecular weight excluding hydrogens is 1730 g/mol. The fourth-order valence-electron chi connectivity index (χ4n) is 16.2. The highest BCUT2D eigenvalue weighted by molar-refractivity contribution is 5.80. The molecule has 0 spiro atoms. The lowest BCUT2D eigenvalue weighted by atomic mass is 9.84. The number of hydrogen-bond acceptors (Lipinski definition) is 29. The number of aliphatic hydroxyl groups is 4. The molecule has 19 unspecified atom stereocenters. The van der Waals surface area contributed by atoms with Crippen molar-refractivity contribution in [2.45, 2.75) is 340 Å². The molecule has 1 aromatic heterocycles. The van der Waals surface area contributed by atoms with Crippen LogP contribution in [-0.2, 0) is 110 Å². The summed E-state index contributed by atoms with van der Waals surface area (Å²) in [5.41, 5.74) is -2.51. The van der Waals surface area contributed by atoms with Crippen LogP contribution in [0.3, 0.4) is 0 Å². The van der Waals surface area contributed by atoms with Crippen LogP contribution in [-0.4, -0.2) is 318 Å². The number of aromatic nitrogens is 2. The zero-order chi connectivity index (χ0) is 96.9. The van der Waals surface area contributed by atoms with Crippen molar-refractivity contribution in [3.8, 4) is 0 Å². The second-order valence-electron chi connectivity index (χ2n) is 34.6. The molecule has 0 radical (unpaired) electrons. The van der Waals surface area contributed by atoms with Gasteiger partial charge in [-0.15, -0.1) is 0 Å². The van der Waals surface area contributed by atoms with Crippen LogP contribution in [0.1, 0.15) is 241 Å². The molecule has 42 heteroatoms. The van der Waals surface area contributed by atoms with E-state index in [-0.39, 0.29) is 270 Å². The lowest BCUT2D eigenvalue weighted by Gasteiger charge is -2.44. The van der Waals surface area contributed by atoms with Gasteiger partial charge in [-0.1, -0.05) is 54.4 Å². The van der Waals surface area contributed by atoms with Gasteiger partial charge in [-0.3, -0.25) is 67.1 Å². The minimum atomic E-state index is -1.51. The number of carbonyl (C=O) groups excluding carboxylic acids is 11. The minimum absolute atomic E-state index is 0.0202. The van der Waals surface area contributed by atoms with Crippen LogP contribution in [0.2, 0.25) is 0 Å². The van der Waals surface area contributed by atoms with Gasteiger partial charge in [0.05, 0.1) is 82.9 Å². The highest BCUT2D eigenvalue weighted by atomic mass is 16.7. The van der Waals surface area contributed by atoms with E-state index in [0.29, 0.717) is 116 Å². The van der Waals surface area contributed by atoms with E-state index in [1.165, 1.54) is 38.6 Å². The first-order valence-electron chi connectivity index (χ1n) is 47.6. The maximum absolute atomic E-state index is 14.2. The smallest absolute Gasteiger partial charge is 0.330 e. The van der Waals surface area contributed by atoms with Gasteiger partial charge < -0.3 is 136 Å². The molecule has 1 aromatic rings. The van der Waals surface area contributed by atoms with Crippen molar-refractivity contribution in [1.82, 2.24) is 68.0 Å². The van der Waals surface area contributed by atoms with Gasteiger partial charge in [0.15, 0.2) is 25.1 Å². The van der Waals surface area contributed by atoms with Gasteiger partial charge in [-0.2, -0.15) is 0 Å². The van der Waals surface area contributed by atoms with E-state index in [9.17, 15) is 82.8 Å². The molecule has 5 heterocycles. The highest BCUT2D eigenvalue weighted by Crippen LogP contribution is 2.35. The van der Waals surface area contributed by atoms with Gasteiger partial charge in [0.25, 0.3) is 5.56 Å². The molecule has 0 saturated carbocycles. The average molecular weight is 1890 g/mol. The summed E-state index contributed by atoms with van der Waals surface area (Å²) in [6.07, 6.45) is 1.12. The number of carbonyl (C=O) groups is 11. The second-order valence-corrected chi connectivity index (χ2v) is 34.6. The number of methoxy groups -OCH3 is 1. The SMILES string of the molecule is CCC1OC(OCCCCC(=O)NCCCNC(=O)CCOCC(COCCC(=O)NCCCNC(=O)CCCCOC2OC(CC)C(C)C(O)C2NC(C)=O)(COCCC(=O)NCCCNC(=O)CCCCOC2OC(CC)C(CC)C(O)C2NC(C)=O)NC(=O)CCCC(=O)NCCCCCCOC2C(O)C(COC)OC2n2cc(C)c(=O)[nH]c2=O)C(NC(C)=O)C(O)C1C. The number of rotatable bonds is 68. The Kier molecular flexibility index (Phi) is 55.9. The molecule has 42 nitrogen and oxygen atoms in total. The first-order valence-corrected chi connectivity index (χ1v) is 47.6.